The van der Waals surface area contributed by atoms with E-state index in [1.807, 2.05) is 42.5 Å². The number of carbonyl (C=O) groups excluding carboxylic acids is 1. The largest absolute Gasteiger partial charge is 0.494 e. The van der Waals surface area contributed by atoms with Crippen LogP contribution in [0.4, 0.5) is 17.3 Å². The van der Waals surface area contributed by atoms with Gasteiger partial charge in [-0.25, -0.2) is 9.97 Å². The summed E-state index contributed by atoms with van der Waals surface area (Å²) in [6.07, 6.45) is 4.04. The first kappa shape index (κ1) is 26.7. The number of benzene rings is 2. The Hall–Kier alpha value is -4.51. The third kappa shape index (κ3) is 5.45. The first-order chi connectivity index (χ1) is 20.0. The van der Waals surface area contributed by atoms with Gasteiger partial charge in [0.25, 0.3) is 5.56 Å². The van der Waals surface area contributed by atoms with E-state index in [0.717, 1.165) is 62.4 Å². The lowest BCUT2D eigenvalue weighted by atomic mass is 10.1. The van der Waals surface area contributed by atoms with E-state index in [1.165, 1.54) is 0 Å². The number of aromatic nitrogens is 4. The van der Waals surface area contributed by atoms with E-state index in [4.69, 9.17) is 9.72 Å². The number of likely N-dealkylation sites (N-methyl/N-ethyl adjacent to an activating group) is 1. The topological polar surface area (TPSA) is 109 Å². The Labute approximate surface area is 238 Å². The number of nitrogens with one attached hydrogen (secondary N) is 1. The summed E-state index contributed by atoms with van der Waals surface area (Å²) in [4.78, 5) is 45.9. The minimum absolute atomic E-state index is 0.227. The standard InChI is InChI=1S/C30H34N8O3/c1-35-13-15-37(16-14-35)22-10-11-24(26(17-22)41-2)33-30-31-18-25-28(34-30)38(23-9-6-12-36(19-23)20-39)29(40)27(32-25)21-7-4-3-5-8-21/h3-5,7-8,10-11,17-18,20,23H,6,9,12-16,19H2,1-2H3,(H,31,33,34). The second kappa shape index (κ2) is 11.5. The Morgan fingerprint density at radius 2 is 1.83 bits per heavy atom. The Morgan fingerprint density at radius 1 is 1.02 bits per heavy atom. The maximum absolute atomic E-state index is 13.9. The molecule has 1 unspecified atom stereocenters. The molecule has 2 aromatic heterocycles. The summed E-state index contributed by atoms with van der Waals surface area (Å²) in [5.41, 5.74) is 3.59. The Balaban J connectivity index is 1.39. The number of ether oxygens (including phenoxy) is 1. The molecule has 0 aliphatic carbocycles. The highest BCUT2D eigenvalue weighted by Gasteiger charge is 2.26. The van der Waals surface area contributed by atoms with Crippen molar-refractivity contribution in [2.45, 2.75) is 18.9 Å². The molecule has 2 saturated heterocycles. The van der Waals surface area contributed by atoms with E-state index in [-0.39, 0.29) is 11.6 Å². The van der Waals surface area contributed by atoms with Crippen LogP contribution in [0.5, 0.6) is 5.75 Å². The third-order valence-electron chi connectivity index (χ3n) is 7.92. The normalized spacial score (nSPS) is 18.0. The van der Waals surface area contributed by atoms with Crippen LogP contribution in [0.15, 0.2) is 59.5 Å². The van der Waals surface area contributed by atoms with Gasteiger partial charge in [-0.05, 0) is 32.0 Å². The number of hydrogen-bond acceptors (Lipinski definition) is 9. The molecule has 0 bridgehead atoms. The van der Waals surface area contributed by atoms with E-state index >= 15 is 0 Å². The minimum Gasteiger partial charge on any atom is -0.494 e. The lowest BCUT2D eigenvalue weighted by Crippen LogP contribution is -2.44. The summed E-state index contributed by atoms with van der Waals surface area (Å²) in [6.45, 7) is 5.05. The molecular weight excluding hydrogens is 520 g/mol. The van der Waals surface area contributed by atoms with Crippen molar-refractivity contribution in [3.63, 3.8) is 0 Å². The zero-order valence-electron chi connectivity index (χ0n) is 23.4. The van der Waals surface area contributed by atoms with Crippen LogP contribution in [0.2, 0.25) is 0 Å². The lowest BCUT2D eigenvalue weighted by molar-refractivity contribution is -0.119. The number of fused-ring (bicyclic) bond motifs is 1. The number of methoxy groups -OCH3 is 1. The number of rotatable bonds is 7. The molecule has 2 aliphatic rings. The van der Waals surface area contributed by atoms with Gasteiger partial charge in [0.2, 0.25) is 12.4 Å². The molecule has 0 saturated carbocycles. The van der Waals surface area contributed by atoms with Crippen molar-refractivity contribution in [1.82, 2.24) is 29.3 Å². The second-order valence-corrected chi connectivity index (χ2v) is 10.6. The first-order valence-corrected chi connectivity index (χ1v) is 14.0. The van der Waals surface area contributed by atoms with Gasteiger partial charge in [-0.3, -0.25) is 14.2 Å². The maximum Gasteiger partial charge on any atom is 0.279 e. The first-order valence-electron chi connectivity index (χ1n) is 14.0. The Bertz CT molecular complexity index is 1600. The van der Waals surface area contributed by atoms with Gasteiger partial charge in [-0.15, -0.1) is 0 Å². The average Bonchev–Trinajstić information content (AvgIpc) is 3.02. The van der Waals surface area contributed by atoms with E-state index in [9.17, 15) is 9.59 Å². The van der Waals surface area contributed by atoms with Gasteiger partial charge >= 0.3 is 0 Å². The van der Waals surface area contributed by atoms with Crippen LogP contribution >= 0.6 is 0 Å². The summed E-state index contributed by atoms with van der Waals surface area (Å²) >= 11 is 0. The smallest absolute Gasteiger partial charge is 0.279 e. The van der Waals surface area contributed by atoms with Gasteiger partial charge in [-0.1, -0.05) is 30.3 Å². The van der Waals surface area contributed by atoms with Gasteiger partial charge in [0, 0.05) is 56.6 Å². The van der Waals surface area contributed by atoms with Crippen LogP contribution in [-0.2, 0) is 4.79 Å². The van der Waals surface area contributed by atoms with E-state index < -0.39 is 0 Å². The summed E-state index contributed by atoms with van der Waals surface area (Å²) < 4.78 is 7.42. The fraction of sp³-hybridized carbons (Fsp3) is 0.367. The van der Waals surface area contributed by atoms with E-state index in [0.29, 0.717) is 41.6 Å². The molecule has 2 fully saturated rings. The van der Waals surface area contributed by atoms with Crippen molar-refractivity contribution in [2.24, 2.45) is 0 Å². The Morgan fingerprint density at radius 3 is 2.59 bits per heavy atom. The molecule has 4 aromatic rings. The summed E-state index contributed by atoms with van der Waals surface area (Å²) in [7, 11) is 3.78. The molecule has 2 aromatic carbocycles. The van der Waals surface area contributed by atoms with Crippen LogP contribution in [0.25, 0.3) is 22.4 Å². The van der Waals surface area contributed by atoms with Gasteiger partial charge in [0.15, 0.2) is 5.65 Å². The van der Waals surface area contributed by atoms with Crippen molar-refractivity contribution < 1.29 is 9.53 Å². The number of carbonyl (C=O) groups is 1. The summed E-state index contributed by atoms with van der Waals surface area (Å²) in [5, 5.41) is 3.28. The highest BCUT2D eigenvalue weighted by atomic mass is 16.5. The van der Waals surface area contributed by atoms with E-state index in [2.05, 4.69) is 38.2 Å². The monoisotopic (exact) mass is 554 g/mol. The highest BCUT2D eigenvalue weighted by molar-refractivity contribution is 5.76. The second-order valence-electron chi connectivity index (χ2n) is 10.6. The number of hydrogen-bond donors (Lipinski definition) is 1. The average molecular weight is 555 g/mol. The molecule has 0 radical (unpaired) electrons. The molecule has 41 heavy (non-hydrogen) atoms. The number of nitrogens with zero attached hydrogens (tertiary/aromatic N) is 7. The van der Waals surface area contributed by atoms with Crippen LogP contribution in [0.1, 0.15) is 18.9 Å². The molecule has 11 nitrogen and oxygen atoms in total. The van der Waals surface area contributed by atoms with Crippen molar-refractivity contribution in [3.05, 3.63) is 65.1 Å². The predicted molar refractivity (Wildman–Crippen MR) is 159 cm³/mol. The van der Waals surface area contributed by atoms with Crippen molar-refractivity contribution in [3.8, 4) is 17.0 Å². The molecule has 1 N–H and O–H groups in total. The van der Waals surface area contributed by atoms with Crippen molar-refractivity contribution >= 4 is 34.9 Å². The zero-order chi connectivity index (χ0) is 28.3. The molecule has 0 spiro atoms. The Kier molecular flexibility index (Phi) is 7.51. The minimum atomic E-state index is -0.236. The predicted octanol–water partition coefficient (Wildman–Crippen LogP) is 3.15. The molecular formula is C30H34N8O3. The van der Waals surface area contributed by atoms with Gasteiger partial charge in [-0.2, -0.15) is 4.98 Å². The number of piperazine rings is 1. The molecule has 4 heterocycles. The molecule has 1 amide bonds. The van der Waals surface area contributed by atoms with Crippen LogP contribution in [-0.4, -0.2) is 89.2 Å². The lowest BCUT2D eigenvalue weighted by Gasteiger charge is -2.34. The van der Waals surface area contributed by atoms with Crippen molar-refractivity contribution in [2.75, 3.05) is 63.6 Å². The molecule has 2 aliphatic heterocycles. The fourth-order valence-corrected chi connectivity index (χ4v) is 5.64. The molecule has 11 heteroatoms. The fourth-order valence-electron chi connectivity index (χ4n) is 5.64. The number of anilines is 3. The van der Waals surface area contributed by atoms with Crippen LogP contribution < -0.4 is 20.5 Å². The van der Waals surface area contributed by atoms with E-state index in [1.54, 1.807) is 22.8 Å². The van der Waals surface area contributed by atoms with Crippen molar-refractivity contribution in [1.29, 1.82) is 0 Å². The number of amides is 1. The number of likely N-dealkylation sites (tertiary alicyclic amines) is 1. The zero-order valence-corrected chi connectivity index (χ0v) is 23.4. The highest BCUT2D eigenvalue weighted by Crippen LogP contribution is 2.32. The summed E-state index contributed by atoms with van der Waals surface area (Å²) in [5.74, 6) is 1.00. The maximum atomic E-state index is 13.9. The number of piperidine rings is 1. The SMILES string of the molecule is COc1cc(N2CCN(C)CC2)ccc1Nc1ncc2nc(-c3ccccc3)c(=O)n(C3CCCN(C=O)C3)c2n1. The third-order valence-corrected chi connectivity index (χ3v) is 7.92. The van der Waals surface area contributed by atoms with Gasteiger partial charge in [0.1, 0.15) is 17.0 Å². The van der Waals surface area contributed by atoms with Gasteiger partial charge in [0.05, 0.1) is 25.0 Å². The molecule has 1 atom stereocenters. The summed E-state index contributed by atoms with van der Waals surface area (Å²) in [6, 6.07) is 15.2. The quantitative estimate of drug-likeness (QED) is 0.345. The molecule has 6 rings (SSSR count). The van der Waals surface area contributed by atoms with Crippen LogP contribution in [0.3, 0.4) is 0 Å². The van der Waals surface area contributed by atoms with Crippen LogP contribution in [0, 0.1) is 0 Å². The molecule has 212 valence electrons. The van der Waals surface area contributed by atoms with Gasteiger partial charge < -0.3 is 24.8 Å².